The van der Waals surface area contributed by atoms with Gasteiger partial charge in [-0.2, -0.15) is 0 Å². The van der Waals surface area contributed by atoms with Gasteiger partial charge in [-0.1, -0.05) is 30.3 Å². The number of ether oxygens (including phenoxy) is 4. The number of fused-ring (bicyclic) bond motifs is 1. The lowest BCUT2D eigenvalue weighted by Gasteiger charge is -2.36. The van der Waals surface area contributed by atoms with E-state index in [4.69, 9.17) is 18.9 Å². The fourth-order valence-corrected chi connectivity index (χ4v) is 6.51. The van der Waals surface area contributed by atoms with Crippen molar-refractivity contribution in [2.45, 2.75) is 39.7 Å². The number of carbonyl (C=O) groups excluding carboxylic acids is 6. The van der Waals surface area contributed by atoms with Gasteiger partial charge in [0.2, 0.25) is 0 Å². The van der Waals surface area contributed by atoms with Crippen molar-refractivity contribution in [3.8, 4) is 5.75 Å². The molecule has 15 nitrogen and oxygen atoms in total. The van der Waals surface area contributed by atoms with Crippen LogP contribution in [0.1, 0.15) is 54.3 Å². The summed E-state index contributed by atoms with van der Waals surface area (Å²) in [7, 11) is 0. The van der Waals surface area contributed by atoms with Crippen LogP contribution in [0.4, 0.5) is 0 Å². The predicted molar refractivity (Wildman–Crippen MR) is 198 cm³/mol. The molecule has 1 atom stereocenters. The van der Waals surface area contributed by atoms with Gasteiger partial charge in [0, 0.05) is 58.9 Å². The first-order valence-electron chi connectivity index (χ1n) is 18.7. The summed E-state index contributed by atoms with van der Waals surface area (Å²) in [4.78, 5) is 87.2. The molecular formula is C39H53N5O10. The van der Waals surface area contributed by atoms with Crippen LogP contribution in [0.25, 0.3) is 0 Å². The van der Waals surface area contributed by atoms with Crippen molar-refractivity contribution in [1.29, 1.82) is 0 Å². The van der Waals surface area contributed by atoms with Gasteiger partial charge in [-0.25, -0.2) is 4.79 Å². The Morgan fingerprint density at radius 1 is 0.593 bits per heavy atom. The van der Waals surface area contributed by atoms with Crippen LogP contribution in [0.5, 0.6) is 5.75 Å². The highest BCUT2D eigenvalue weighted by Gasteiger charge is 2.36. The Bertz CT molecular complexity index is 1500. The molecule has 54 heavy (non-hydrogen) atoms. The molecule has 0 bridgehead atoms. The van der Waals surface area contributed by atoms with Gasteiger partial charge in [-0.15, -0.1) is 0 Å². The monoisotopic (exact) mass is 751 g/mol. The molecule has 15 heteroatoms. The van der Waals surface area contributed by atoms with Crippen LogP contribution < -0.4 is 4.74 Å². The second-order valence-corrected chi connectivity index (χ2v) is 13.0. The number of carbonyl (C=O) groups is 6. The van der Waals surface area contributed by atoms with Crippen LogP contribution in [0.3, 0.4) is 0 Å². The molecule has 1 saturated heterocycles. The minimum absolute atomic E-state index is 0.00276. The second kappa shape index (κ2) is 21.9. The number of nitrogens with zero attached hydrogens (tertiary/aromatic N) is 5. The van der Waals surface area contributed by atoms with Gasteiger partial charge >= 0.3 is 23.9 Å². The van der Waals surface area contributed by atoms with E-state index in [2.05, 4.69) is 0 Å². The van der Waals surface area contributed by atoms with Crippen molar-refractivity contribution in [3.05, 3.63) is 65.7 Å². The fraction of sp³-hybridized carbons (Fsp3) is 0.538. The molecule has 2 aromatic rings. The molecule has 2 amide bonds. The Labute approximate surface area is 317 Å². The molecule has 0 aromatic heterocycles. The zero-order valence-corrected chi connectivity index (χ0v) is 31.6. The quantitative estimate of drug-likeness (QED) is 0.106. The smallest absolute Gasteiger partial charge is 0.328 e. The third-order valence-corrected chi connectivity index (χ3v) is 9.26. The summed E-state index contributed by atoms with van der Waals surface area (Å²) in [6.45, 7) is 9.11. The molecule has 0 spiro atoms. The Morgan fingerprint density at radius 2 is 1.00 bits per heavy atom. The number of esters is 4. The lowest BCUT2D eigenvalue weighted by molar-refractivity contribution is -0.147. The molecule has 1 fully saturated rings. The van der Waals surface area contributed by atoms with Crippen molar-refractivity contribution in [2.75, 3.05) is 98.4 Å². The van der Waals surface area contributed by atoms with Gasteiger partial charge in [-0.05, 0) is 57.9 Å². The van der Waals surface area contributed by atoms with E-state index in [0.717, 1.165) is 0 Å². The van der Waals surface area contributed by atoms with Crippen molar-refractivity contribution in [3.63, 3.8) is 0 Å². The number of para-hydroxylation sites is 1. The summed E-state index contributed by atoms with van der Waals surface area (Å²) in [5, 5.41) is 0. The van der Waals surface area contributed by atoms with E-state index in [9.17, 15) is 28.8 Å². The highest BCUT2D eigenvalue weighted by Crippen LogP contribution is 2.24. The Hall–Kier alpha value is -4.70. The number of benzene rings is 2. The molecular weight excluding hydrogens is 698 g/mol. The standard InChI is InChI=1S/C39H53N5O10/c1-4-51-34(45)27-40-19-21-41(28-35(46)52-5-2)23-25-43(26-24-42(22-20-40)29-36(47)53-6-3)33(39(50)54-30-13-8-7-9-14-30)17-12-18-44-37(48)31-15-10-11-16-32(31)38(44)49/h7-11,13-16,33H,4-6,12,17-29H2,1-3H3. The molecule has 2 aromatic carbocycles. The lowest BCUT2D eigenvalue weighted by Crippen LogP contribution is -2.52. The summed E-state index contributed by atoms with van der Waals surface area (Å²) < 4.78 is 21.6. The van der Waals surface area contributed by atoms with E-state index < -0.39 is 23.9 Å². The minimum Gasteiger partial charge on any atom is -0.465 e. The predicted octanol–water partition coefficient (Wildman–Crippen LogP) is 1.95. The van der Waals surface area contributed by atoms with Crippen molar-refractivity contribution in [1.82, 2.24) is 24.5 Å². The zero-order chi connectivity index (χ0) is 38.9. The van der Waals surface area contributed by atoms with Gasteiger partial charge in [0.25, 0.3) is 11.8 Å². The summed E-state index contributed by atoms with van der Waals surface area (Å²) in [6.07, 6.45) is 0.570. The van der Waals surface area contributed by atoms with Gasteiger partial charge in [0.05, 0.1) is 50.6 Å². The number of imide groups is 1. The van der Waals surface area contributed by atoms with Crippen LogP contribution in [0.15, 0.2) is 54.6 Å². The highest BCUT2D eigenvalue weighted by atomic mass is 16.5. The Morgan fingerprint density at radius 3 is 1.43 bits per heavy atom. The van der Waals surface area contributed by atoms with E-state index in [-0.39, 0.29) is 70.2 Å². The summed E-state index contributed by atoms with van der Waals surface area (Å²) >= 11 is 0. The molecule has 0 aliphatic carbocycles. The average Bonchev–Trinajstić information content (AvgIpc) is 3.39. The van der Waals surface area contributed by atoms with Crippen molar-refractivity contribution >= 4 is 35.7 Å². The molecule has 294 valence electrons. The van der Waals surface area contributed by atoms with E-state index >= 15 is 0 Å². The van der Waals surface area contributed by atoms with Crippen LogP contribution in [-0.2, 0) is 33.4 Å². The largest absolute Gasteiger partial charge is 0.465 e. The maximum Gasteiger partial charge on any atom is 0.328 e. The van der Waals surface area contributed by atoms with Crippen LogP contribution in [0, 0.1) is 0 Å². The van der Waals surface area contributed by atoms with Crippen LogP contribution in [-0.4, -0.2) is 165 Å². The molecule has 0 saturated carbocycles. The number of hydrogen-bond acceptors (Lipinski definition) is 14. The van der Waals surface area contributed by atoms with E-state index in [1.807, 2.05) is 25.7 Å². The van der Waals surface area contributed by atoms with E-state index in [1.54, 1.807) is 69.3 Å². The van der Waals surface area contributed by atoms with Crippen LogP contribution >= 0.6 is 0 Å². The maximum absolute atomic E-state index is 14.1. The highest BCUT2D eigenvalue weighted by molar-refractivity contribution is 6.21. The molecule has 0 radical (unpaired) electrons. The fourth-order valence-electron chi connectivity index (χ4n) is 6.51. The summed E-state index contributed by atoms with van der Waals surface area (Å²) in [5.41, 5.74) is 0.713. The zero-order valence-electron chi connectivity index (χ0n) is 31.6. The third-order valence-electron chi connectivity index (χ3n) is 9.26. The van der Waals surface area contributed by atoms with E-state index in [1.165, 1.54) is 4.90 Å². The van der Waals surface area contributed by atoms with Gasteiger partial charge in [-0.3, -0.25) is 48.5 Å². The molecule has 2 aliphatic rings. The Balaban J connectivity index is 1.60. The van der Waals surface area contributed by atoms with Crippen LogP contribution in [0.2, 0.25) is 0 Å². The first-order valence-corrected chi connectivity index (χ1v) is 18.7. The van der Waals surface area contributed by atoms with Gasteiger partial charge in [0.15, 0.2) is 0 Å². The summed E-state index contributed by atoms with van der Waals surface area (Å²) in [5.74, 6) is -2.03. The topological polar surface area (TPSA) is 156 Å². The van der Waals surface area contributed by atoms with Crippen molar-refractivity contribution < 1.29 is 47.7 Å². The molecule has 4 rings (SSSR count). The van der Waals surface area contributed by atoms with E-state index in [0.29, 0.717) is 75.7 Å². The lowest BCUT2D eigenvalue weighted by atomic mass is 10.1. The summed E-state index contributed by atoms with van der Waals surface area (Å²) in [6, 6.07) is 14.6. The number of rotatable bonds is 16. The molecule has 2 heterocycles. The van der Waals surface area contributed by atoms with Gasteiger partial charge < -0.3 is 18.9 Å². The first-order chi connectivity index (χ1) is 26.1. The average molecular weight is 752 g/mol. The molecule has 1 unspecified atom stereocenters. The molecule has 0 N–H and O–H groups in total. The normalized spacial score (nSPS) is 17.2. The Kier molecular flexibility index (Phi) is 17.0. The number of hydrogen-bond donors (Lipinski definition) is 0. The second-order valence-electron chi connectivity index (χ2n) is 13.0. The van der Waals surface area contributed by atoms with Gasteiger partial charge in [0.1, 0.15) is 11.8 Å². The number of amides is 2. The van der Waals surface area contributed by atoms with Crippen molar-refractivity contribution in [2.24, 2.45) is 0 Å². The maximum atomic E-state index is 14.1. The third kappa shape index (κ3) is 12.7. The SMILES string of the molecule is CCOC(=O)CN1CCN(CC(=O)OCC)CCN(C(CCCN2C(=O)c3ccccc3C2=O)C(=O)Oc2ccccc2)CCN(CC(=O)OCC)CC1. The first kappa shape index (κ1) is 42.0. The molecule has 2 aliphatic heterocycles. The minimum atomic E-state index is -0.808.